The highest BCUT2D eigenvalue weighted by molar-refractivity contribution is 7.99. The van der Waals surface area contributed by atoms with Crippen molar-refractivity contribution >= 4 is 35.0 Å². The largest absolute Gasteiger partial charge is 0.476 e. The molecule has 0 atom stereocenters. The maximum atomic E-state index is 12.7. The Morgan fingerprint density at radius 3 is 2.57 bits per heavy atom. The maximum absolute atomic E-state index is 12.7. The molecule has 1 aromatic carbocycles. The van der Waals surface area contributed by atoms with Crippen LogP contribution in [-0.2, 0) is 11.3 Å². The van der Waals surface area contributed by atoms with Crippen LogP contribution in [0.5, 0.6) is 0 Å². The van der Waals surface area contributed by atoms with Gasteiger partial charge in [0.2, 0.25) is 0 Å². The zero-order valence-electron chi connectivity index (χ0n) is 15.3. The normalized spacial score (nSPS) is 16.1. The molecule has 0 unspecified atom stereocenters. The first-order valence-electron chi connectivity index (χ1n) is 8.95. The average molecular weight is 435 g/mol. The van der Waals surface area contributed by atoms with E-state index in [1.54, 1.807) is 24.3 Å². The quantitative estimate of drug-likeness (QED) is 0.512. The van der Waals surface area contributed by atoms with E-state index in [-0.39, 0.29) is 6.54 Å². The van der Waals surface area contributed by atoms with E-state index in [0.29, 0.717) is 29.1 Å². The molecule has 154 valence electrons. The molecular weight excluding hydrogens is 411 g/mol. The standard InChI is InChI=1S/C19H23ClF3N3OS/c20-15-4-2-1-3-14(15)12-26(8-5-13-6-9-28-10-7-13)18(27)16(24)11-17(25)19(21,22)23/h1-4,11,13,25H,5-10,12,24H2/p+1/b16-11-,25-17?. The van der Waals surface area contributed by atoms with Crippen LogP contribution < -0.4 is 11.1 Å². The average Bonchev–Trinajstić information content (AvgIpc) is 2.66. The second-order valence-corrected chi connectivity index (χ2v) is 8.35. The first kappa shape index (κ1) is 22.6. The number of benzene rings is 1. The fourth-order valence-electron chi connectivity index (χ4n) is 2.95. The fraction of sp³-hybridized carbons (Fsp3) is 0.474. The second kappa shape index (κ2) is 10.2. The number of amides is 1. The molecule has 0 aliphatic carbocycles. The van der Waals surface area contributed by atoms with E-state index in [0.717, 1.165) is 30.8 Å². The van der Waals surface area contributed by atoms with E-state index in [2.05, 4.69) is 0 Å². The Morgan fingerprint density at radius 1 is 1.32 bits per heavy atom. The van der Waals surface area contributed by atoms with Gasteiger partial charge in [-0.15, -0.1) is 0 Å². The van der Waals surface area contributed by atoms with Crippen molar-refractivity contribution in [2.75, 3.05) is 18.1 Å². The summed E-state index contributed by atoms with van der Waals surface area (Å²) in [6.07, 6.45) is -1.35. The molecule has 2 rings (SSSR count). The van der Waals surface area contributed by atoms with Crippen molar-refractivity contribution in [3.8, 4) is 0 Å². The van der Waals surface area contributed by atoms with Crippen molar-refractivity contribution in [1.82, 2.24) is 4.90 Å². The van der Waals surface area contributed by atoms with Crippen LogP contribution in [0.15, 0.2) is 36.0 Å². The van der Waals surface area contributed by atoms with Gasteiger partial charge in [-0.1, -0.05) is 29.8 Å². The first-order valence-corrected chi connectivity index (χ1v) is 10.5. The van der Waals surface area contributed by atoms with Crippen LogP contribution in [0.4, 0.5) is 13.2 Å². The van der Waals surface area contributed by atoms with Gasteiger partial charge in [0.05, 0.1) is 0 Å². The molecule has 0 saturated carbocycles. The minimum Gasteiger partial charge on any atom is -0.394 e. The lowest BCUT2D eigenvalue weighted by atomic mass is 9.98. The summed E-state index contributed by atoms with van der Waals surface area (Å²) in [5.74, 6) is 1.97. The maximum Gasteiger partial charge on any atom is 0.476 e. The summed E-state index contributed by atoms with van der Waals surface area (Å²) in [6, 6.07) is 7.03. The molecule has 1 aliphatic heterocycles. The lowest BCUT2D eigenvalue weighted by molar-refractivity contribution is -0.165. The van der Waals surface area contributed by atoms with Gasteiger partial charge in [-0.2, -0.15) is 24.9 Å². The Morgan fingerprint density at radius 2 is 1.96 bits per heavy atom. The summed E-state index contributed by atoms with van der Waals surface area (Å²) in [5, 5.41) is 5.48. The topological polar surface area (TPSA) is 71.9 Å². The predicted molar refractivity (Wildman–Crippen MR) is 107 cm³/mol. The highest BCUT2D eigenvalue weighted by Gasteiger charge is 2.39. The summed E-state index contributed by atoms with van der Waals surface area (Å²) >= 11 is 8.09. The number of hydrogen-bond acceptors (Lipinski definition) is 3. The molecular formula is C19H24ClF3N3OS+. The number of carbonyl (C=O) groups is 1. The number of thioether (sulfide) groups is 1. The monoisotopic (exact) mass is 434 g/mol. The Balaban J connectivity index is 2.15. The van der Waals surface area contributed by atoms with E-state index in [1.807, 2.05) is 11.8 Å². The van der Waals surface area contributed by atoms with Crippen molar-refractivity contribution in [2.45, 2.75) is 32.0 Å². The molecule has 1 aromatic rings. The van der Waals surface area contributed by atoms with Gasteiger partial charge in [0, 0.05) is 24.2 Å². The molecule has 4 nitrogen and oxygen atoms in total. The van der Waals surface area contributed by atoms with E-state index in [4.69, 9.17) is 22.7 Å². The summed E-state index contributed by atoms with van der Waals surface area (Å²) in [5.41, 5.74) is 4.41. The Kier molecular flexibility index (Phi) is 8.24. The second-order valence-electron chi connectivity index (χ2n) is 6.72. The Bertz CT molecular complexity index is 733. The lowest BCUT2D eigenvalue weighted by Gasteiger charge is -2.27. The number of alkyl halides is 3. The van der Waals surface area contributed by atoms with Crippen LogP contribution in [0.25, 0.3) is 0 Å². The minimum absolute atomic E-state index is 0.167. The molecule has 4 N–H and O–H groups in total. The summed E-state index contributed by atoms with van der Waals surface area (Å²) in [4.78, 5) is 14.2. The number of carbonyl (C=O) groups excluding carboxylic acids is 1. The molecule has 9 heteroatoms. The fourth-order valence-corrected chi connectivity index (χ4v) is 4.35. The Hall–Kier alpha value is -1.67. The molecule has 0 bridgehead atoms. The van der Waals surface area contributed by atoms with E-state index < -0.39 is 23.5 Å². The first-order chi connectivity index (χ1) is 13.2. The van der Waals surface area contributed by atoms with Gasteiger partial charge < -0.3 is 10.6 Å². The third-order valence-corrected chi connectivity index (χ3v) is 6.06. The minimum atomic E-state index is -4.74. The van der Waals surface area contributed by atoms with Gasteiger partial charge >= 0.3 is 6.18 Å². The Labute approximate surface area is 171 Å². The zero-order chi connectivity index (χ0) is 20.7. The SMILES string of the molecule is N/C(=C\C(=[NH2+])C(F)(F)F)C(=O)N(CCC1CCSCC1)Cc1ccccc1Cl. The van der Waals surface area contributed by atoms with E-state index in [1.165, 1.54) is 4.90 Å². The van der Waals surface area contributed by atoms with Crippen LogP contribution in [0.3, 0.4) is 0 Å². The number of hydrogen-bond donors (Lipinski definition) is 2. The third-order valence-electron chi connectivity index (χ3n) is 4.64. The van der Waals surface area contributed by atoms with Crippen LogP contribution in [0.2, 0.25) is 5.02 Å². The van der Waals surface area contributed by atoms with Crippen molar-refractivity contribution in [1.29, 1.82) is 0 Å². The number of allylic oxidation sites excluding steroid dienone is 1. The van der Waals surface area contributed by atoms with Gasteiger partial charge in [0.25, 0.3) is 11.6 Å². The van der Waals surface area contributed by atoms with Gasteiger partial charge in [-0.3, -0.25) is 10.2 Å². The van der Waals surface area contributed by atoms with Gasteiger partial charge in [-0.05, 0) is 48.3 Å². The number of rotatable bonds is 7. The summed E-state index contributed by atoms with van der Waals surface area (Å²) < 4.78 is 38.0. The molecule has 1 fully saturated rings. The van der Waals surface area contributed by atoms with Gasteiger partial charge in [0.15, 0.2) is 0 Å². The third kappa shape index (κ3) is 6.74. The van der Waals surface area contributed by atoms with Crippen molar-refractivity contribution in [2.24, 2.45) is 11.7 Å². The van der Waals surface area contributed by atoms with Gasteiger partial charge in [-0.25, -0.2) is 0 Å². The molecule has 0 spiro atoms. The molecule has 1 aliphatic rings. The molecule has 0 radical (unpaired) electrons. The molecule has 1 amide bonds. The van der Waals surface area contributed by atoms with Crippen LogP contribution in [0, 0.1) is 5.92 Å². The van der Waals surface area contributed by atoms with E-state index >= 15 is 0 Å². The zero-order valence-corrected chi connectivity index (χ0v) is 16.9. The van der Waals surface area contributed by atoms with Crippen molar-refractivity contribution in [3.63, 3.8) is 0 Å². The van der Waals surface area contributed by atoms with Gasteiger partial charge in [0.1, 0.15) is 5.70 Å². The van der Waals surface area contributed by atoms with Crippen LogP contribution >= 0.6 is 23.4 Å². The molecule has 1 saturated heterocycles. The highest BCUT2D eigenvalue weighted by atomic mass is 35.5. The van der Waals surface area contributed by atoms with Crippen molar-refractivity contribution < 1.29 is 23.4 Å². The van der Waals surface area contributed by atoms with Crippen molar-refractivity contribution in [3.05, 3.63) is 46.6 Å². The molecule has 28 heavy (non-hydrogen) atoms. The summed E-state index contributed by atoms with van der Waals surface area (Å²) in [7, 11) is 0. The molecule has 0 aromatic heterocycles. The predicted octanol–water partition coefficient (Wildman–Crippen LogP) is 2.81. The van der Waals surface area contributed by atoms with Crippen LogP contribution in [0.1, 0.15) is 24.8 Å². The lowest BCUT2D eigenvalue weighted by Crippen LogP contribution is -2.48. The molecule has 1 heterocycles. The number of nitrogens with two attached hydrogens (primary N) is 2. The number of halogens is 4. The van der Waals surface area contributed by atoms with E-state index in [9.17, 15) is 18.0 Å². The van der Waals surface area contributed by atoms with Crippen LogP contribution in [-0.4, -0.2) is 40.7 Å². The summed E-state index contributed by atoms with van der Waals surface area (Å²) in [6.45, 7) is 0.556. The number of nitrogens with zero attached hydrogens (tertiary/aromatic N) is 1. The smallest absolute Gasteiger partial charge is 0.394 e. The highest BCUT2D eigenvalue weighted by Crippen LogP contribution is 2.26.